The number of benzene rings is 1. The minimum Gasteiger partial charge on any atom is -0.312 e. The normalized spacial score (nSPS) is 14.2. The first kappa shape index (κ1) is 13.1. The van der Waals surface area contributed by atoms with Gasteiger partial charge in [0.15, 0.2) is 5.78 Å². The molecule has 1 heterocycles. The van der Waals surface area contributed by atoms with E-state index in [2.05, 4.69) is 0 Å². The molecule has 0 saturated heterocycles. The van der Waals surface area contributed by atoms with Crippen LogP contribution in [0.4, 0.5) is 5.69 Å². The van der Waals surface area contributed by atoms with Crippen molar-refractivity contribution in [2.75, 3.05) is 17.3 Å². The average Bonchev–Trinajstić information content (AvgIpc) is 2.44. The van der Waals surface area contributed by atoms with E-state index in [1.54, 1.807) is 6.07 Å². The van der Waals surface area contributed by atoms with E-state index in [9.17, 15) is 9.59 Å². The van der Waals surface area contributed by atoms with E-state index >= 15 is 0 Å². The molecule has 96 valence electrons. The number of alkyl halides is 1. The van der Waals surface area contributed by atoms with Gasteiger partial charge in [0.2, 0.25) is 5.91 Å². The molecule has 18 heavy (non-hydrogen) atoms. The molecule has 0 radical (unpaired) electrons. The lowest BCUT2D eigenvalue weighted by Gasteiger charge is -2.29. The highest BCUT2D eigenvalue weighted by atomic mass is 35.5. The Hall–Kier alpha value is -1.35. The van der Waals surface area contributed by atoms with Gasteiger partial charge in [0.05, 0.1) is 5.88 Å². The van der Waals surface area contributed by atoms with E-state index in [1.807, 2.05) is 24.0 Å². The van der Waals surface area contributed by atoms with Gasteiger partial charge in [-0.3, -0.25) is 9.59 Å². The summed E-state index contributed by atoms with van der Waals surface area (Å²) in [5.74, 6) is 0.0573. The van der Waals surface area contributed by atoms with Crippen molar-refractivity contribution < 1.29 is 9.59 Å². The highest BCUT2D eigenvalue weighted by Crippen LogP contribution is 2.28. The Bertz CT molecular complexity index is 485. The van der Waals surface area contributed by atoms with E-state index in [0.717, 1.165) is 30.6 Å². The number of hydrogen-bond donors (Lipinski definition) is 0. The van der Waals surface area contributed by atoms with Crippen molar-refractivity contribution >= 4 is 29.0 Å². The second kappa shape index (κ2) is 5.53. The summed E-state index contributed by atoms with van der Waals surface area (Å²) in [6.45, 7) is 2.63. The number of carbonyl (C=O) groups excluding carboxylic acids is 2. The van der Waals surface area contributed by atoms with E-state index in [0.29, 0.717) is 12.0 Å². The number of ketones is 1. The van der Waals surface area contributed by atoms with Crippen LogP contribution in [0.3, 0.4) is 0 Å². The highest BCUT2D eigenvalue weighted by molar-refractivity contribution is 6.30. The Labute approximate surface area is 112 Å². The molecule has 0 unspecified atom stereocenters. The van der Waals surface area contributed by atoms with E-state index in [1.165, 1.54) is 0 Å². The number of fused-ring (bicyclic) bond motifs is 1. The molecule has 4 heteroatoms. The molecule has 0 atom stereocenters. The number of hydrogen-bond acceptors (Lipinski definition) is 2. The number of rotatable bonds is 3. The maximum atomic E-state index is 11.8. The average molecular weight is 266 g/mol. The topological polar surface area (TPSA) is 37.4 Å². The van der Waals surface area contributed by atoms with Crippen LogP contribution in [0.2, 0.25) is 0 Å². The fraction of sp³-hybridized carbons (Fsp3) is 0.429. The van der Waals surface area contributed by atoms with Gasteiger partial charge >= 0.3 is 0 Å². The van der Waals surface area contributed by atoms with Gasteiger partial charge in [-0.15, -0.1) is 11.6 Å². The Morgan fingerprint density at radius 1 is 1.39 bits per heavy atom. The van der Waals surface area contributed by atoms with Gasteiger partial charge in [-0.25, -0.2) is 0 Å². The molecule has 0 aromatic heterocycles. The zero-order chi connectivity index (χ0) is 13.1. The summed E-state index contributed by atoms with van der Waals surface area (Å²) in [5, 5.41) is 0. The largest absolute Gasteiger partial charge is 0.312 e. The minimum atomic E-state index is -0.0709. The summed E-state index contributed by atoms with van der Waals surface area (Å²) < 4.78 is 0. The predicted molar refractivity (Wildman–Crippen MR) is 72.5 cm³/mol. The molecule has 1 aliphatic heterocycles. The van der Waals surface area contributed by atoms with Crippen LogP contribution in [0.15, 0.2) is 18.2 Å². The second-order valence-electron chi connectivity index (χ2n) is 4.40. The lowest BCUT2D eigenvalue weighted by atomic mass is 9.98. The standard InChI is InChI=1S/C14H16ClNO2/c1-2-14(18)16-7-3-4-10-8-11(13(17)9-15)5-6-12(10)16/h5-6,8H,2-4,7,9H2,1H3. The number of aryl methyl sites for hydroxylation is 1. The van der Waals surface area contributed by atoms with Gasteiger partial charge in [0.25, 0.3) is 0 Å². The molecule has 1 aromatic rings. The smallest absolute Gasteiger partial charge is 0.226 e. The molecule has 1 aromatic carbocycles. The van der Waals surface area contributed by atoms with Crippen LogP contribution in [0.5, 0.6) is 0 Å². The van der Waals surface area contributed by atoms with Crippen LogP contribution in [0.1, 0.15) is 35.7 Å². The molecule has 3 nitrogen and oxygen atoms in total. The molecule has 0 fully saturated rings. The monoisotopic (exact) mass is 265 g/mol. The molecule has 0 aliphatic carbocycles. The van der Waals surface area contributed by atoms with Gasteiger partial charge < -0.3 is 4.90 Å². The van der Waals surface area contributed by atoms with Crippen LogP contribution in [-0.4, -0.2) is 24.1 Å². The SMILES string of the molecule is CCC(=O)N1CCCc2cc(C(=O)CCl)ccc21. The summed E-state index contributed by atoms with van der Waals surface area (Å²) >= 11 is 5.56. The fourth-order valence-corrected chi connectivity index (χ4v) is 2.45. The van der Waals surface area contributed by atoms with Gasteiger partial charge in [-0.05, 0) is 36.6 Å². The van der Waals surface area contributed by atoms with Crippen molar-refractivity contribution in [1.82, 2.24) is 0 Å². The number of Topliss-reactive ketones (excluding diaryl/α,β-unsaturated/α-hetero) is 1. The Balaban J connectivity index is 2.36. The summed E-state index contributed by atoms with van der Waals surface area (Å²) in [6, 6.07) is 5.49. The van der Waals surface area contributed by atoms with Crippen molar-refractivity contribution in [3.05, 3.63) is 29.3 Å². The summed E-state index contributed by atoms with van der Waals surface area (Å²) in [5.41, 5.74) is 2.65. The lowest BCUT2D eigenvalue weighted by molar-refractivity contribution is -0.118. The first-order chi connectivity index (χ1) is 8.67. The summed E-state index contributed by atoms with van der Waals surface area (Å²) in [4.78, 5) is 25.2. The maximum Gasteiger partial charge on any atom is 0.226 e. The van der Waals surface area contributed by atoms with Crippen LogP contribution in [0.25, 0.3) is 0 Å². The van der Waals surface area contributed by atoms with Crippen molar-refractivity contribution in [2.45, 2.75) is 26.2 Å². The maximum absolute atomic E-state index is 11.8. The number of nitrogens with zero attached hydrogens (tertiary/aromatic N) is 1. The number of anilines is 1. The molecule has 0 bridgehead atoms. The van der Waals surface area contributed by atoms with E-state index in [-0.39, 0.29) is 17.6 Å². The highest BCUT2D eigenvalue weighted by Gasteiger charge is 2.22. The predicted octanol–water partition coefficient (Wildman–Crippen LogP) is 2.80. The third-order valence-corrected chi connectivity index (χ3v) is 3.49. The molecule has 2 rings (SSSR count). The quantitative estimate of drug-likeness (QED) is 0.623. The molecule has 1 aliphatic rings. The van der Waals surface area contributed by atoms with Crippen LogP contribution in [0, 0.1) is 0 Å². The first-order valence-electron chi connectivity index (χ1n) is 6.19. The van der Waals surface area contributed by atoms with Crippen molar-refractivity contribution in [2.24, 2.45) is 0 Å². The van der Waals surface area contributed by atoms with E-state index in [4.69, 9.17) is 11.6 Å². The molecular formula is C14H16ClNO2. The minimum absolute atomic E-state index is 0.00358. The fourth-order valence-electron chi connectivity index (χ4n) is 2.30. The Kier molecular flexibility index (Phi) is 4.02. The second-order valence-corrected chi connectivity index (χ2v) is 4.67. The molecule has 0 N–H and O–H groups in total. The van der Waals surface area contributed by atoms with E-state index < -0.39 is 0 Å². The lowest BCUT2D eigenvalue weighted by Crippen LogP contribution is -2.35. The zero-order valence-electron chi connectivity index (χ0n) is 10.4. The first-order valence-corrected chi connectivity index (χ1v) is 6.73. The molecule has 0 saturated carbocycles. The third-order valence-electron chi connectivity index (χ3n) is 3.24. The number of halogens is 1. The summed E-state index contributed by atoms with van der Waals surface area (Å²) in [7, 11) is 0. The Morgan fingerprint density at radius 3 is 2.83 bits per heavy atom. The summed E-state index contributed by atoms with van der Waals surface area (Å²) in [6.07, 6.45) is 2.35. The Morgan fingerprint density at radius 2 is 2.17 bits per heavy atom. The van der Waals surface area contributed by atoms with Gasteiger partial charge in [0, 0.05) is 24.2 Å². The van der Waals surface area contributed by atoms with Gasteiger partial charge in [-0.2, -0.15) is 0 Å². The van der Waals surface area contributed by atoms with Gasteiger partial charge in [-0.1, -0.05) is 6.92 Å². The van der Waals surface area contributed by atoms with Crippen molar-refractivity contribution in [3.63, 3.8) is 0 Å². The van der Waals surface area contributed by atoms with Crippen molar-refractivity contribution in [3.8, 4) is 0 Å². The molecule has 1 amide bonds. The zero-order valence-corrected chi connectivity index (χ0v) is 11.2. The molecule has 0 spiro atoms. The number of carbonyl (C=O) groups is 2. The van der Waals surface area contributed by atoms with Crippen LogP contribution in [-0.2, 0) is 11.2 Å². The number of amides is 1. The van der Waals surface area contributed by atoms with Crippen LogP contribution < -0.4 is 4.90 Å². The molecular weight excluding hydrogens is 250 g/mol. The van der Waals surface area contributed by atoms with Gasteiger partial charge in [0.1, 0.15) is 0 Å². The third kappa shape index (κ3) is 2.41. The van der Waals surface area contributed by atoms with Crippen molar-refractivity contribution in [1.29, 1.82) is 0 Å². The van der Waals surface area contributed by atoms with Crippen LogP contribution >= 0.6 is 11.6 Å².